The highest BCUT2D eigenvalue weighted by atomic mass is 32.2. The van der Waals surface area contributed by atoms with Crippen LogP contribution in [0.1, 0.15) is 11.1 Å². The number of sulfonamides is 1. The average molecular weight is 390 g/mol. The first kappa shape index (κ1) is 20.0. The van der Waals surface area contributed by atoms with Gasteiger partial charge < -0.3 is 0 Å². The van der Waals surface area contributed by atoms with E-state index in [0.29, 0.717) is 11.3 Å². The summed E-state index contributed by atoms with van der Waals surface area (Å²) in [6.07, 6.45) is 2.25. The summed E-state index contributed by atoms with van der Waals surface area (Å²) in [4.78, 5) is 22.3. The summed E-state index contributed by atoms with van der Waals surface area (Å²) in [5.74, 6) is -0.649. The Hall–Kier alpha value is -3.27. The third-order valence-corrected chi connectivity index (χ3v) is 4.60. The molecule has 0 saturated heterocycles. The van der Waals surface area contributed by atoms with Gasteiger partial charge >= 0.3 is 0 Å². The minimum atomic E-state index is -3.68. The molecule has 0 aliphatic heterocycles. The summed E-state index contributed by atoms with van der Waals surface area (Å²) in [7, 11) is -3.68. The van der Waals surface area contributed by atoms with Crippen molar-refractivity contribution in [1.29, 1.82) is 0 Å². The summed E-state index contributed by atoms with van der Waals surface area (Å²) in [6.45, 7) is 1.36. The standard InChI is InChI=1S/C17H18N4O5S/c1-13-5-3-7-15(9-13)20(27(2,25)26)12-17(22)19-18-11-14-6-4-8-16(10-14)21(23)24/h3-11H,12H2,1-2H3,(H,19,22)/b18-11+. The molecule has 1 amide bonds. The molecular weight excluding hydrogens is 372 g/mol. The highest BCUT2D eigenvalue weighted by molar-refractivity contribution is 7.92. The van der Waals surface area contributed by atoms with Crippen molar-refractivity contribution in [3.8, 4) is 0 Å². The highest BCUT2D eigenvalue weighted by Crippen LogP contribution is 2.18. The van der Waals surface area contributed by atoms with Gasteiger partial charge in [-0.25, -0.2) is 13.8 Å². The maximum Gasteiger partial charge on any atom is 0.270 e. The SMILES string of the molecule is Cc1cccc(N(CC(=O)N/N=C/c2cccc([N+](=O)[O-])c2)S(C)(=O)=O)c1. The van der Waals surface area contributed by atoms with Crippen LogP contribution in [0.25, 0.3) is 0 Å². The Kier molecular flexibility index (Phi) is 6.24. The van der Waals surface area contributed by atoms with Crippen molar-refractivity contribution >= 4 is 33.5 Å². The molecule has 0 radical (unpaired) electrons. The van der Waals surface area contributed by atoms with E-state index in [1.807, 2.05) is 13.0 Å². The number of nitro groups is 1. The molecule has 0 spiro atoms. The topological polar surface area (TPSA) is 122 Å². The van der Waals surface area contributed by atoms with E-state index in [2.05, 4.69) is 10.5 Å². The van der Waals surface area contributed by atoms with Crippen molar-refractivity contribution in [2.75, 3.05) is 17.1 Å². The number of rotatable bonds is 7. The molecule has 10 heteroatoms. The second-order valence-corrected chi connectivity index (χ2v) is 7.66. The predicted octanol–water partition coefficient (Wildman–Crippen LogP) is 1.82. The monoisotopic (exact) mass is 390 g/mol. The van der Waals surface area contributed by atoms with Crippen LogP contribution in [-0.4, -0.2) is 38.3 Å². The molecule has 0 fully saturated rings. The van der Waals surface area contributed by atoms with Gasteiger partial charge in [-0.2, -0.15) is 5.10 Å². The first-order valence-corrected chi connectivity index (χ1v) is 9.62. The van der Waals surface area contributed by atoms with Crippen molar-refractivity contribution in [3.63, 3.8) is 0 Å². The minimum Gasteiger partial charge on any atom is -0.271 e. The van der Waals surface area contributed by atoms with Crippen molar-refractivity contribution in [2.45, 2.75) is 6.92 Å². The molecule has 0 bridgehead atoms. The Morgan fingerprint density at radius 2 is 1.96 bits per heavy atom. The van der Waals surface area contributed by atoms with Gasteiger partial charge in [0.2, 0.25) is 10.0 Å². The van der Waals surface area contributed by atoms with Crippen LogP contribution in [0, 0.1) is 17.0 Å². The summed E-state index contributed by atoms with van der Waals surface area (Å²) in [5, 5.41) is 14.5. The lowest BCUT2D eigenvalue weighted by Crippen LogP contribution is -2.39. The summed E-state index contributed by atoms with van der Waals surface area (Å²) >= 11 is 0. The Morgan fingerprint density at radius 3 is 2.59 bits per heavy atom. The van der Waals surface area contributed by atoms with Crippen LogP contribution in [-0.2, 0) is 14.8 Å². The zero-order valence-corrected chi connectivity index (χ0v) is 15.5. The van der Waals surface area contributed by atoms with Crippen LogP contribution in [0.4, 0.5) is 11.4 Å². The van der Waals surface area contributed by atoms with E-state index < -0.39 is 27.4 Å². The van der Waals surface area contributed by atoms with E-state index >= 15 is 0 Å². The van der Waals surface area contributed by atoms with Gasteiger partial charge in [0.05, 0.1) is 23.1 Å². The quantitative estimate of drug-likeness (QED) is 0.439. The normalized spacial score (nSPS) is 11.3. The number of hydrogen-bond donors (Lipinski definition) is 1. The van der Waals surface area contributed by atoms with Crippen LogP contribution in [0.3, 0.4) is 0 Å². The lowest BCUT2D eigenvalue weighted by molar-refractivity contribution is -0.384. The maximum absolute atomic E-state index is 12.1. The van der Waals surface area contributed by atoms with Gasteiger partial charge in [0.25, 0.3) is 11.6 Å². The third-order valence-electron chi connectivity index (χ3n) is 3.46. The van der Waals surface area contributed by atoms with Gasteiger partial charge in [-0.15, -0.1) is 0 Å². The van der Waals surface area contributed by atoms with Crippen molar-refractivity contribution < 1.29 is 18.1 Å². The number of nitrogens with zero attached hydrogens (tertiary/aromatic N) is 3. The second kappa shape index (κ2) is 8.41. The molecule has 2 rings (SSSR count). The number of nitrogens with one attached hydrogen (secondary N) is 1. The number of nitro benzene ring substituents is 1. The largest absolute Gasteiger partial charge is 0.271 e. The van der Waals surface area contributed by atoms with Gasteiger partial charge in [-0.05, 0) is 24.6 Å². The van der Waals surface area contributed by atoms with E-state index in [1.54, 1.807) is 24.3 Å². The van der Waals surface area contributed by atoms with E-state index in [-0.39, 0.29) is 5.69 Å². The fourth-order valence-corrected chi connectivity index (χ4v) is 3.09. The first-order chi connectivity index (χ1) is 12.7. The number of anilines is 1. The van der Waals surface area contributed by atoms with Gasteiger partial charge in [-0.1, -0.05) is 24.3 Å². The van der Waals surface area contributed by atoms with Gasteiger partial charge in [0.15, 0.2) is 0 Å². The molecule has 0 aromatic heterocycles. The van der Waals surface area contributed by atoms with Gasteiger partial charge in [0, 0.05) is 17.7 Å². The number of hydrazone groups is 1. The zero-order chi connectivity index (χ0) is 20.0. The second-order valence-electron chi connectivity index (χ2n) is 5.75. The number of carbonyl (C=O) groups excluding carboxylic acids is 1. The number of benzene rings is 2. The molecule has 0 aliphatic rings. The zero-order valence-electron chi connectivity index (χ0n) is 14.7. The smallest absolute Gasteiger partial charge is 0.270 e. The van der Waals surface area contributed by atoms with Crippen molar-refractivity contribution in [3.05, 3.63) is 69.8 Å². The lowest BCUT2D eigenvalue weighted by atomic mass is 10.2. The number of carbonyl (C=O) groups is 1. The van der Waals surface area contributed by atoms with Crippen molar-refractivity contribution in [2.24, 2.45) is 5.10 Å². The van der Waals surface area contributed by atoms with Crippen LogP contribution >= 0.6 is 0 Å². The summed E-state index contributed by atoms with van der Waals surface area (Å²) in [5.41, 5.74) is 3.76. The highest BCUT2D eigenvalue weighted by Gasteiger charge is 2.20. The summed E-state index contributed by atoms with van der Waals surface area (Å²) < 4.78 is 25.0. The molecule has 9 nitrogen and oxygen atoms in total. The van der Waals surface area contributed by atoms with E-state index in [1.165, 1.54) is 24.4 Å². The number of non-ortho nitro benzene ring substituents is 1. The molecule has 1 N–H and O–H groups in total. The molecule has 0 aliphatic carbocycles. The van der Waals surface area contributed by atoms with Crippen LogP contribution in [0.5, 0.6) is 0 Å². The Balaban J connectivity index is 2.08. The van der Waals surface area contributed by atoms with Crippen LogP contribution in [0.15, 0.2) is 53.6 Å². The van der Waals surface area contributed by atoms with Crippen LogP contribution < -0.4 is 9.73 Å². The molecule has 0 atom stereocenters. The Bertz CT molecular complexity index is 988. The Morgan fingerprint density at radius 1 is 1.26 bits per heavy atom. The molecule has 142 valence electrons. The van der Waals surface area contributed by atoms with Gasteiger partial charge in [-0.3, -0.25) is 19.2 Å². The van der Waals surface area contributed by atoms with Crippen molar-refractivity contribution in [1.82, 2.24) is 5.43 Å². The number of hydrogen-bond acceptors (Lipinski definition) is 6. The lowest BCUT2D eigenvalue weighted by Gasteiger charge is -2.21. The third kappa shape index (κ3) is 5.89. The van der Waals surface area contributed by atoms with Crippen LogP contribution in [0.2, 0.25) is 0 Å². The fraction of sp³-hybridized carbons (Fsp3) is 0.176. The predicted molar refractivity (Wildman–Crippen MR) is 102 cm³/mol. The van der Waals surface area contributed by atoms with E-state index in [0.717, 1.165) is 16.1 Å². The van der Waals surface area contributed by atoms with E-state index in [4.69, 9.17) is 0 Å². The minimum absolute atomic E-state index is 0.104. The number of aryl methyl sites for hydroxylation is 1. The molecular formula is C17H18N4O5S. The average Bonchev–Trinajstić information content (AvgIpc) is 2.59. The molecule has 0 heterocycles. The number of amides is 1. The van der Waals surface area contributed by atoms with E-state index in [9.17, 15) is 23.3 Å². The summed E-state index contributed by atoms with van der Waals surface area (Å²) in [6, 6.07) is 12.5. The molecule has 0 unspecified atom stereocenters. The Labute approximate surface area is 156 Å². The fourth-order valence-electron chi connectivity index (χ4n) is 2.25. The maximum atomic E-state index is 12.1. The first-order valence-electron chi connectivity index (χ1n) is 7.77. The molecule has 2 aromatic rings. The molecule has 0 saturated carbocycles. The molecule has 2 aromatic carbocycles. The van der Waals surface area contributed by atoms with Gasteiger partial charge in [0.1, 0.15) is 6.54 Å². The molecule has 27 heavy (non-hydrogen) atoms.